The fourth-order valence-electron chi connectivity index (χ4n) is 2.98. The predicted octanol–water partition coefficient (Wildman–Crippen LogP) is -1.94. The second-order valence-electron chi connectivity index (χ2n) is 8.23. The summed E-state index contributed by atoms with van der Waals surface area (Å²) in [6.07, 6.45) is 2.68. The van der Waals surface area contributed by atoms with Gasteiger partial charge in [-0.1, -0.05) is 13.8 Å². The number of carbonyl (C=O) groups is 5. The molecule has 0 saturated heterocycles. The standard InChI is InChI=1S/C20H33N7O6S/c1-10(2)5-14(19(31)27-15(20(32)33)6-11-7-23-9-24-11)26-18(30)13(3-4-16(22)28)25-17(29)12(21)8-34/h7,9-10,12-15,34H,3-6,8,21H2,1-2H3,(H2,22,28)(H,23,24)(H,25,29)(H,26,30)(H,27,31)(H,32,33). The predicted molar refractivity (Wildman–Crippen MR) is 125 cm³/mol. The molecule has 0 aliphatic heterocycles. The van der Waals surface area contributed by atoms with Crippen molar-refractivity contribution in [2.45, 2.75) is 63.7 Å². The Morgan fingerprint density at radius 3 is 2.15 bits per heavy atom. The molecule has 1 aromatic heterocycles. The Bertz CT molecular complexity index is 848. The number of hydrogen-bond acceptors (Lipinski definition) is 8. The topological polar surface area (TPSA) is 222 Å². The average molecular weight is 500 g/mol. The number of H-pyrrole nitrogens is 1. The van der Waals surface area contributed by atoms with Gasteiger partial charge in [-0.2, -0.15) is 12.6 Å². The molecule has 13 nitrogen and oxygen atoms in total. The number of carboxylic acids is 1. The number of carbonyl (C=O) groups excluding carboxylic acids is 4. The number of primary amides is 1. The van der Waals surface area contributed by atoms with Crippen LogP contribution >= 0.6 is 12.6 Å². The van der Waals surface area contributed by atoms with Gasteiger partial charge in [-0.25, -0.2) is 9.78 Å². The number of hydrogen-bond donors (Lipinski definition) is 8. The molecule has 1 rings (SSSR count). The maximum atomic E-state index is 12.9. The fraction of sp³-hybridized carbons (Fsp3) is 0.600. The molecular formula is C20H33N7O6S. The summed E-state index contributed by atoms with van der Waals surface area (Å²) in [5.41, 5.74) is 11.3. The summed E-state index contributed by atoms with van der Waals surface area (Å²) in [6, 6.07) is -4.53. The molecule has 0 spiro atoms. The van der Waals surface area contributed by atoms with E-state index in [1.165, 1.54) is 12.5 Å². The molecule has 0 aliphatic carbocycles. The van der Waals surface area contributed by atoms with Crippen molar-refractivity contribution in [3.05, 3.63) is 18.2 Å². The number of carboxylic acid groups (broad SMARTS) is 1. The van der Waals surface area contributed by atoms with Crippen LogP contribution in [0, 0.1) is 5.92 Å². The third-order valence-electron chi connectivity index (χ3n) is 4.78. The van der Waals surface area contributed by atoms with Crippen molar-refractivity contribution in [3.63, 3.8) is 0 Å². The molecule has 9 N–H and O–H groups in total. The van der Waals surface area contributed by atoms with E-state index in [4.69, 9.17) is 11.5 Å². The lowest BCUT2D eigenvalue weighted by Gasteiger charge is -2.26. The quantitative estimate of drug-likeness (QED) is 0.126. The molecule has 14 heteroatoms. The number of aromatic amines is 1. The van der Waals surface area contributed by atoms with E-state index in [2.05, 4.69) is 38.5 Å². The summed E-state index contributed by atoms with van der Waals surface area (Å²) in [5, 5.41) is 16.9. The van der Waals surface area contributed by atoms with E-state index >= 15 is 0 Å². The fourth-order valence-corrected chi connectivity index (χ4v) is 3.15. The number of aliphatic carboxylic acids is 1. The molecule has 1 heterocycles. The Kier molecular flexibility index (Phi) is 12.1. The van der Waals surface area contributed by atoms with Crippen molar-refractivity contribution < 1.29 is 29.1 Å². The first kappa shape index (κ1) is 28.9. The van der Waals surface area contributed by atoms with Crippen LogP contribution in [0.4, 0.5) is 0 Å². The average Bonchev–Trinajstić information content (AvgIpc) is 3.27. The van der Waals surface area contributed by atoms with Gasteiger partial charge in [-0.3, -0.25) is 19.2 Å². The maximum Gasteiger partial charge on any atom is 0.326 e. The van der Waals surface area contributed by atoms with Crippen LogP contribution in [0.1, 0.15) is 38.8 Å². The van der Waals surface area contributed by atoms with E-state index < -0.39 is 53.8 Å². The summed E-state index contributed by atoms with van der Waals surface area (Å²) in [5.74, 6) is -4.04. The van der Waals surface area contributed by atoms with Gasteiger partial charge >= 0.3 is 5.97 Å². The van der Waals surface area contributed by atoms with Crippen molar-refractivity contribution in [2.24, 2.45) is 17.4 Å². The molecule has 4 unspecified atom stereocenters. The number of nitrogens with two attached hydrogens (primary N) is 2. The summed E-state index contributed by atoms with van der Waals surface area (Å²) in [4.78, 5) is 67.5. The first-order valence-corrected chi connectivity index (χ1v) is 11.3. The molecule has 4 atom stereocenters. The lowest BCUT2D eigenvalue weighted by atomic mass is 10.0. The van der Waals surface area contributed by atoms with Gasteiger partial charge in [0, 0.05) is 30.5 Å². The number of nitrogens with one attached hydrogen (secondary N) is 4. The second kappa shape index (κ2) is 14.2. The van der Waals surface area contributed by atoms with E-state index in [-0.39, 0.29) is 37.4 Å². The van der Waals surface area contributed by atoms with Crippen molar-refractivity contribution in [2.75, 3.05) is 5.75 Å². The molecule has 4 amide bonds. The number of imidazole rings is 1. The molecule has 0 aliphatic rings. The van der Waals surface area contributed by atoms with Crippen LogP contribution in [0.5, 0.6) is 0 Å². The van der Waals surface area contributed by atoms with Crippen LogP contribution in [0.25, 0.3) is 0 Å². The van der Waals surface area contributed by atoms with Crippen molar-refractivity contribution in [1.29, 1.82) is 0 Å². The highest BCUT2D eigenvalue weighted by molar-refractivity contribution is 7.80. The minimum absolute atomic E-state index is 0.0290. The highest BCUT2D eigenvalue weighted by Crippen LogP contribution is 2.08. The van der Waals surface area contributed by atoms with Crippen LogP contribution < -0.4 is 27.4 Å². The Morgan fingerprint density at radius 1 is 1.06 bits per heavy atom. The number of amides is 4. The van der Waals surface area contributed by atoms with Crippen molar-refractivity contribution >= 4 is 42.2 Å². The van der Waals surface area contributed by atoms with Gasteiger partial charge in [0.2, 0.25) is 23.6 Å². The monoisotopic (exact) mass is 499 g/mol. The first-order chi connectivity index (χ1) is 15.9. The third kappa shape index (κ3) is 10.2. The third-order valence-corrected chi connectivity index (χ3v) is 5.17. The van der Waals surface area contributed by atoms with Gasteiger partial charge in [-0.15, -0.1) is 0 Å². The van der Waals surface area contributed by atoms with Gasteiger partial charge in [0.15, 0.2) is 0 Å². The Labute approximate surface area is 202 Å². The van der Waals surface area contributed by atoms with Gasteiger partial charge in [-0.05, 0) is 18.8 Å². The van der Waals surface area contributed by atoms with Crippen LogP contribution in [0.15, 0.2) is 12.5 Å². The second-order valence-corrected chi connectivity index (χ2v) is 8.59. The van der Waals surface area contributed by atoms with E-state index in [9.17, 15) is 29.1 Å². The van der Waals surface area contributed by atoms with E-state index in [1.807, 2.05) is 13.8 Å². The molecular weight excluding hydrogens is 466 g/mol. The first-order valence-electron chi connectivity index (χ1n) is 10.7. The van der Waals surface area contributed by atoms with Gasteiger partial charge in [0.25, 0.3) is 0 Å². The summed E-state index contributed by atoms with van der Waals surface area (Å²) in [6.45, 7) is 3.65. The molecule has 190 valence electrons. The zero-order valence-corrected chi connectivity index (χ0v) is 20.0. The Balaban J connectivity index is 2.98. The number of rotatable bonds is 15. The minimum atomic E-state index is -1.27. The minimum Gasteiger partial charge on any atom is -0.480 e. The van der Waals surface area contributed by atoms with E-state index in [0.29, 0.717) is 5.69 Å². The highest BCUT2D eigenvalue weighted by atomic mass is 32.1. The smallest absolute Gasteiger partial charge is 0.326 e. The Hall–Kier alpha value is -3.13. The number of aromatic nitrogens is 2. The van der Waals surface area contributed by atoms with Crippen LogP contribution in [-0.2, 0) is 30.4 Å². The zero-order valence-electron chi connectivity index (χ0n) is 19.1. The maximum absolute atomic E-state index is 12.9. The van der Waals surface area contributed by atoms with Gasteiger partial charge < -0.3 is 37.5 Å². The zero-order chi connectivity index (χ0) is 25.8. The van der Waals surface area contributed by atoms with Crippen LogP contribution in [0.2, 0.25) is 0 Å². The largest absolute Gasteiger partial charge is 0.480 e. The molecule has 0 aromatic carbocycles. The van der Waals surface area contributed by atoms with Crippen molar-refractivity contribution in [1.82, 2.24) is 25.9 Å². The molecule has 0 saturated carbocycles. The summed E-state index contributed by atoms with van der Waals surface area (Å²) < 4.78 is 0. The molecule has 0 radical (unpaired) electrons. The van der Waals surface area contributed by atoms with E-state index in [0.717, 1.165) is 0 Å². The number of thiol groups is 1. The Morgan fingerprint density at radius 2 is 1.65 bits per heavy atom. The van der Waals surface area contributed by atoms with Gasteiger partial charge in [0.1, 0.15) is 18.1 Å². The summed E-state index contributed by atoms with van der Waals surface area (Å²) in [7, 11) is 0. The van der Waals surface area contributed by atoms with Crippen LogP contribution in [0.3, 0.4) is 0 Å². The van der Waals surface area contributed by atoms with Crippen molar-refractivity contribution in [3.8, 4) is 0 Å². The highest BCUT2D eigenvalue weighted by Gasteiger charge is 2.31. The molecule has 0 fully saturated rings. The molecule has 34 heavy (non-hydrogen) atoms. The SMILES string of the molecule is CC(C)CC(NC(=O)C(CCC(N)=O)NC(=O)C(N)CS)C(=O)NC(Cc1cnc[nH]1)C(=O)O. The lowest BCUT2D eigenvalue weighted by Crippen LogP contribution is -2.57. The molecule has 1 aromatic rings. The lowest BCUT2D eigenvalue weighted by molar-refractivity contribution is -0.142. The summed E-state index contributed by atoms with van der Waals surface area (Å²) >= 11 is 3.95. The normalized spacial score (nSPS) is 14.5. The number of nitrogens with zero attached hydrogens (tertiary/aromatic N) is 1. The molecule has 0 bridgehead atoms. The van der Waals surface area contributed by atoms with Gasteiger partial charge in [0.05, 0.1) is 12.4 Å². The van der Waals surface area contributed by atoms with E-state index in [1.54, 1.807) is 0 Å². The van der Waals surface area contributed by atoms with Crippen LogP contribution in [-0.4, -0.2) is 74.6 Å².